The second-order valence-electron chi connectivity index (χ2n) is 7.52. The van der Waals surface area contributed by atoms with Gasteiger partial charge < -0.3 is 15.0 Å². The average Bonchev–Trinajstić information content (AvgIpc) is 3.42. The number of amides is 1. The van der Waals surface area contributed by atoms with Gasteiger partial charge in [-0.1, -0.05) is 12.1 Å². The number of phenolic OH excluding ortho intramolecular Hbond substituents is 1. The van der Waals surface area contributed by atoms with E-state index >= 15 is 0 Å². The highest BCUT2D eigenvalue weighted by atomic mass is 16.3. The first-order chi connectivity index (χ1) is 14.7. The molecule has 152 valence electrons. The van der Waals surface area contributed by atoms with Crippen LogP contribution < -0.4 is 5.32 Å². The predicted octanol–water partition coefficient (Wildman–Crippen LogP) is 2.82. The Bertz CT molecular complexity index is 1190. The lowest BCUT2D eigenvalue weighted by Gasteiger charge is -2.31. The summed E-state index contributed by atoms with van der Waals surface area (Å²) in [5, 5.41) is 20.2. The van der Waals surface area contributed by atoms with Crippen molar-refractivity contribution in [1.29, 1.82) is 0 Å². The molecule has 1 fully saturated rings. The van der Waals surface area contributed by atoms with Crippen LogP contribution in [0, 0.1) is 0 Å². The number of fused-ring (bicyclic) bond motifs is 1. The molecule has 1 aromatic carbocycles. The molecule has 2 unspecified atom stereocenters. The number of H-pyrrole nitrogens is 1. The van der Waals surface area contributed by atoms with Gasteiger partial charge in [-0.2, -0.15) is 5.10 Å². The molecule has 9 nitrogen and oxygen atoms in total. The van der Waals surface area contributed by atoms with Gasteiger partial charge in [0.15, 0.2) is 5.82 Å². The summed E-state index contributed by atoms with van der Waals surface area (Å²) in [5.74, 6) is 1.45. The van der Waals surface area contributed by atoms with E-state index in [0.717, 1.165) is 43.1 Å². The number of rotatable bonds is 5. The SMILES string of the molecule is O=CNC1CCCC(n2c(-c3ccccc3O)nc3cnc(-c4ncn[nH]4)cc32)C1. The molecule has 9 heteroatoms. The largest absolute Gasteiger partial charge is 0.507 e. The molecular formula is C21H21N7O2. The molecule has 3 N–H and O–H groups in total. The van der Waals surface area contributed by atoms with Crippen LogP contribution in [-0.2, 0) is 4.79 Å². The fraction of sp³-hybridized carbons (Fsp3) is 0.286. The predicted molar refractivity (Wildman–Crippen MR) is 110 cm³/mol. The quantitative estimate of drug-likeness (QED) is 0.441. The number of phenols is 1. The number of hydrogen-bond acceptors (Lipinski definition) is 6. The number of para-hydroxylation sites is 1. The summed E-state index contributed by atoms with van der Waals surface area (Å²) in [7, 11) is 0. The van der Waals surface area contributed by atoms with Crippen molar-refractivity contribution in [1.82, 2.24) is 35.0 Å². The average molecular weight is 403 g/mol. The second-order valence-corrected chi connectivity index (χ2v) is 7.52. The smallest absolute Gasteiger partial charge is 0.207 e. The van der Waals surface area contributed by atoms with E-state index in [0.29, 0.717) is 22.9 Å². The monoisotopic (exact) mass is 403 g/mol. The highest BCUT2D eigenvalue weighted by molar-refractivity contribution is 5.84. The molecule has 1 amide bonds. The summed E-state index contributed by atoms with van der Waals surface area (Å²) >= 11 is 0. The second kappa shape index (κ2) is 7.58. The molecule has 1 aliphatic rings. The van der Waals surface area contributed by atoms with Crippen LogP contribution in [0.25, 0.3) is 33.9 Å². The number of aromatic nitrogens is 6. The van der Waals surface area contributed by atoms with Gasteiger partial charge in [0.2, 0.25) is 6.41 Å². The molecule has 0 saturated heterocycles. The van der Waals surface area contributed by atoms with Gasteiger partial charge in [-0.05, 0) is 43.9 Å². The maximum atomic E-state index is 11.0. The van der Waals surface area contributed by atoms with Crippen molar-refractivity contribution in [3.8, 4) is 28.7 Å². The molecule has 3 aromatic heterocycles. The van der Waals surface area contributed by atoms with E-state index in [1.54, 1.807) is 18.3 Å². The van der Waals surface area contributed by atoms with Crippen LogP contribution >= 0.6 is 0 Å². The van der Waals surface area contributed by atoms with Gasteiger partial charge in [0, 0.05) is 12.1 Å². The third-order valence-electron chi connectivity index (χ3n) is 5.69. The summed E-state index contributed by atoms with van der Waals surface area (Å²) < 4.78 is 2.17. The Morgan fingerprint density at radius 2 is 2.13 bits per heavy atom. The topological polar surface area (TPSA) is 122 Å². The molecule has 2 atom stereocenters. The van der Waals surface area contributed by atoms with Crippen LogP contribution in [-0.4, -0.2) is 47.3 Å². The van der Waals surface area contributed by atoms with E-state index in [1.807, 2.05) is 18.2 Å². The Morgan fingerprint density at radius 1 is 1.23 bits per heavy atom. The Labute approximate surface area is 172 Å². The van der Waals surface area contributed by atoms with Crippen LogP contribution in [0.15, 0.2) is 42.9 Å². The number of imidazole rings is 1. The lowest BCUT2D eigenvalue weighted by molar-refractivity contribution is -0.110. The summed E-state index contributed by atoms with van der Waals surface area (Å²) in [5.41, 5.74) is 2.98. The van der Waals surface area contributed by atoms with Crippen molar-refractivity contribution in [2.45, 2.75) is 37.8 Å². The van der Waals surface area contributed by atoms with E-state index in [-0.39, 0.29) is 17.8 Å². The highest BCUT2D eigenvalue weighted by Crippen LogP contribution is 2.38. The Hall–Kier alpha value is -3.75. The van der Waals surface area contributed by atoms with Gasteiger partial charge in [-0.15, -0.1) is 0 Å². The number of carbonyl (C=O) groups excluding carboxylic acids is 1. The summed E-state index contributed by atoms with van der Waals surface area (Å²) in [6.07, 6.45) is 7.65. The fourth-order valence-corrected chi connectivity index (χ4v) is 4.33. The molecule has 30 heavy (non-hydrogen) atoms. The zero-order chi connectivity index (χ0) is 20.5. The number of nitrogens with one attached hydrogen (secondary N) is 2. The van der Waals surface area contributed by atoms with Gasteiger partial charge in [0.25, 0.3) is 0 Å². The van der Waals surface area contributed by atoms with E-state index in [9.17, 15) is 9.90 Å². The lowest BCUT2D eigenvalue weighted by Crippen LogP contribution is -2.34. The zero-order valence-corrected chi connectivity index (χ0v) is 16.2. The number of carbonyl (C=O) groups is 1. The number of hydrogen-bond donors (Lipinski definition) is 3. The Morgan fingerprint density at radius 3 is 2.93 bits per heavy atom. The van der Waals surface area contributed by atoms with Crippen molar-refractivity contribution in [3.63, 3.8) is 0 Å². The molecule has 0 spiro atoms. The van der Waals surface area contributed by atoms with Gasteiger partial charge in [0.05, 0.1) is 17.3 Å². The van der Waals surface area contributed by atoms with Crippen molar-refractivity contribution in [3.05, 3.63) is 42.9 Å². The number of aromatic hydroxyl groups is 1. The van der Waals surface area contributed by atoms with E-state index in [4.69, 9.17) is 4.98 Å². The van der Waals surface area contributed by atoms with Crippen molar-refractivity contribution < 1.29 is 9.90 Å². The van der Waals surface area contributed by atoms with Crippen LogP contribution in [0.2, 0.25) is 0 Å². The molecule has 5 rings (SSSR count). The molecule has 1 saturated carbocycles. The number of benzene rings is 1. The van der Waals surface area contributed by atoms with E-state index in [2.05, 4.69) is 30.0 Å². The highest BCUT2D eigenvalue weighted by Gasteiger charge is 2.28. The summed E-state index contributed by atoms with van der Waals surface area (Å²) in [6.45, 7) is 0. The first kappa shape index (κ1) is 18.3. The third kappa shape index (κ3) is 3.18. The van der Waals surface area contributed by atoms with Gasteiger partial charge >= 0.3 is 0 Å². The normalized spacial score (nSPS) is 19.1. The number of nitrogens with zero attached hydrogens (tertiary/aromatic N) is 5. The number of aromatic amines is 1. The first-order valence-corrected chi connectivity index (χ1v) is 9.96. The van der Waals surface area contributed by atoms with Crippen molar-refractivity contribution in [2.75, 3.05) is 0 Å². The first-order valence-electron chi connectivity index (χ1n) is 9.96. The lowest BCUT2D eigenvalue weighted by atomic mass is 9.90. The van der Waals surface area contributed by atoms with Crippen molar-refractivity contribution >= 4 is 17.4 Å². The van der Waals surface area contributed by atoms with Crippen LogP contribution in [0.4, 0.5) is 0 Å². The molecule has 4 aromatic rings. The molecular weight excluding hydrogens is 382 g/mol. The standard InChI is InChI=1S/C21H21N7O2/c29-12-24-13-4-3-5-14(8-13)28-18-9-16(20-23-11-25-27-20)22-10-17(18)26-21(28)15-6-1-2-7-19(15)30/h1-2,6-7,9-14,30H,3-5,8H2,(H,24,29)(H,23,25,27). The van der Waals surface area contributed by atoms with Crippen molar-refractivity contribution in [2.24, 2.45) is 0 Å². The fourth-order valence-electron chi connectivity index (χ4n) is 4.33. The molecule has 3 heterocycles. The number of pyridine rings is 1. The Balaban J connectivity index is 1.69. The minimum atomic E-state index is 0.117. The van der Waals surface area contributed by atoms with Crippen LogP contribution in [0.3, 0.4) is 0 Å². The third-order valence-corrected chi connectivity index (χ3v) is 5.69. The molecule has 0 aliphatic heterocycles. The molecule has 0 radical (unpaired) electrons. The van der Waals surface area contributed by atoms with E-state index in [1.165, 1.54) is 6.33 Å². The minimum absolute atomic E-state index is 0.117. The van der Waals surface area contributed by atoms with Gasteiger partial charge in [0.1, 0.15) is 29.1 Å². The van der Waals surface area contributed by atoms with Crippen LogP contribution in [0.5, 0.6) is 5.75 Å². The minimum Gasteiger partial charge on any atom is -0.507 e. The maximum Gasteiger partial charge on any atom is 0.207 e. The van der Waals surface area contributed by atoms with Crippen LogP contribution in [0.1, 0.15) is 31.7 Å². The maximum absolute atomic E-state index is 11.0. The summed E-state index contributed by atoms with van der Waals surface area (Å²) in [4.78, 5) is 24.5. The van der Waals surface area contributed by atoms with E-state index < -0.39 is 0 Å². The zero-order valence-electron chi connectivity index (χ0n) is 16.2. The van der Waals surface area contributed by atoms with Gasteiger partial charge in [-0.25, -0.2) is 9.97 Å². The van der Waals surface area contributed by atoms with Gasteiger partial charge in [-0.3, -0.25) is 14.9 Å². The Kier molecular flexibility index (Phi) is 4.62. The molecule has 1 aliphatic carbocycles. The molecule has 0 bridgehead atoms. The summed E-state index contributed by atoms with van der Waals surface area (Å²) in [6, 6.07) is 9.39.